The van der Waals surface area contributed by atoms with Gasteiger partial charge in [0.05, 0.1) is 22.7 Å². The van der Waals surface area contributed by atoms with Gasteiger partial charge >= 0.3 is 5.97 Å². The second-order valence-electron chi connectivity index (χ2n) is 3.94. The zero-order valence-electron chi connectivity index (χ0n) is 11.4. The van der Waals surface area contributed by atoms with Gasteiger partial charge in [0.15, 0.2) is 11.4 Å². The monoisotopic (exact) mass is 373 g/mol. The van der Waals surface area contributed by atoms with Crippen LogP contribution >= 0.6 is 27.5 Å². The third kappa shape index (κ3) is 3.36. The van der Waals surface area contributed by atoms with Gasteiger partial charge in [0.2, 0.25) is 0 Å². The molecule has 0 saturated heterocycles. The summed E-state index contributed by atoms with van der Waals surface area (Å²) in [6.07, 6.45) is 0. The van der Waals surface area contributed by atoms with Gasteiger partial charge in [-0.2, -0.15) is 10.3 Å². The van der Waals surface area contributed by atoms with Crippen LogP contribution in [0.3, 0.4) is 0 Å². The Kier molecular flexibility index (Phi) is 5.19. The van der Waals surface area contributed by atoms with E-state index in [2.05, 4.69) is 31.3 Å². The Morgan fingerprint density at radius 1 is 1.33 bits per heavy atom. The molecule has 0 unspecified atom stereocenters. The van der Waals surface area contributed by atoms with Crippen molar-refractivity contribution in [3.8, 4) is 17.0 Å². The number of benzene rings is 1. The summed E-state index contributed by atoms with van der Waals surface area (Å²) in [5.41, 5.74) is 1.12. The number of nitrogens with one attached hydrogen (secondary N) is 1. The first-order valence-corrected chi connectivity index (χ1v) is 7.45. The van der Waals surface area contributed by atoms with E-state index >= 15 is 0 Å². The number of carbonyl (C=O) groups is 1. The highest BCUT2D eigenvalue weighted by molar-refractivity contribution is 9.10. The van der Waals surface area contributed by atoms with Crippen molar-refractivity contribution < 1.29 is 14.3 Å². The summed E-state index contributed by atoms with van der Waals surface area (Å²) in [6.45, 7) is 4.35. The average Bonchev–Trinajstić information content (AvgIpc) is 2.92. The van der Waals surface area contributed by atoms with E-state index in [4.69, 9.17) is 21.1 Å². The fourth-order valence-electron chi connectivity index (χ4n) is 1.75. The van der Waals surface area contributed by atoms with Gasteiger partial charge in [-0.3, -0.25) is 0 Å². The van der Waals surface area contributed by atoms with E-state index in [1.54, 1.807) is 19.1 Å². The highest BCUT2D eigenvalue weighted by Crippen LogP contribution is 2.37. The van der Waals surface area contributed by atoms with Crippen molar-refractivity contribution >= 4 is 33.5 Å². The minimum Gasteiger partial charge on any atom is -0.491 e. The van der Waals surface area contributed by atoms with Gasteiger partial charge in [0, 0.05) is 5.56 Å². The summed E-state index contributed by atoms with van der Waals surface area (Å²) in [4.78, 5) is 11.8. The highest BCUT2D eigenvalue weighted by Gasteiger charge is 2.21. The van der Waals surface area contributed by atoms with Gasteiger partial charge in [-0.15, -0.1) is 5.10 Å². The fraction of sp³-hybridized carbons (Fsp3) is 0.308. The topological polar surface area (TPSA) is 77.1 Å². The van der Waals surface area contributed by atoms with Crippen molar-refractivity contribution in [3.63, 3.8) is 0 Å². The zero-order chi connectivity index (χ0) is 15.4. The minimum atomic E-state index is -0.539. The fourth-order valence-corrected chi connectivity index (χ4v) is 2.72. The molecule has 0 aliphatic carbocycles. The molecule has 0 atom stereocenters. The van der Waals surface area contributed by atoms with Crippen molar-refractivity contribution in [3.05, 3.63) is 27.3 Å². The lowest BCUT2D eigenvalue weighted by Gasteiger charge is -2.10. The average molecular weight is 375 g/mol. The third-order valence-electron chi connectivity index (χ3n) is 2.58. The minimum absolute atomic E-state index is 0.115. The molecule has 0 spiro atoms. The molecule has 1 aromatic carbocycles. The van der Waals surface area contributed by atoms with Crippen LogP contribution in [0, 0.1) is 0 Å². The number of nitrogens with zero attached hydrogens (tertiary/aromatic N) is 2. The van der Waals surface area contributed by atoms with E-state index in [1.807, 2.05) is 6.92 Å². The van der Waals surface area contributed by atoms with Crippen LogP contribution in [0.15, 0.2) is 16.6 Å². The van der Waals surface area contributed by atoms with Crippen LogP contribution in [0.5, 0.6) is 5.75 Å². The SMILES string of the molecule is CCOC(=O)c1n[nH]nc1-c1cc(Cl)c(OCC)c(Br)c1. The number of aromatic amines is 1. The van der Waals surface area contributed by atoms with Crippen LogP contribution in [0.1, 0.15) is 24.3 Å². The number of H-pyrrole nitrogens is 1. The summed E-state index contributed by atoms with van der Waals surface area (Å²) in [7, 11) is 0. The normalized spacial score (nSPS) is 10.5. The van der Waals surface area contributed by atoms with E-state index < -0.39 is 5.97 Å². The molecule has 0 radical (unpaired) electrons. The van der Waals surface area contributed by atoms with Gasteiger partial charge in [-0.1, -0.05) is 11.6 Å². The van der Waals surface area contributed by atoms with Crippen molar-refractivity contribution in [1.29, 1.82) is 0 Å². The van der Waals surface area contributed by atoms with Crippen molar-refractivity contribution in [1.82, 2.24) is 15.4 Å². The highest BCUT2D eigenvalue weighted by atomic mass is 79.9. The third-order valence-corrected chi connectivity index (χ3v) is 3.45. The molecular weight excluding hydrogens is 362 g/mol. The molecule has 1 N–H and O–H groups in total. The Labute approximate surface area is 134 Å². The van der Waals surface area contributed by atoms with E-state index in [1.165, 1.54) is 0 Å². The number of halogens is 2. The van der Waals surface area contributed by atoms with Crippen molar-refractivity contribution in [2.75, 3.05) is 13.2 Å². The molecule has 0 bridgehead atoms. The molecule has 0 aliphatic heterocycles. The first-order chi connectivity index (χ1) is 10.1. The largest absolute Gasteiger partial charge is 0.491 e. The molecular formula is C13H13BrClN3O3. The Morgan fingerprint density at radius 3 is 2.71 bits per heavy atom. The van der Waals surface area contributed by atoms with Crippen LogP contribution in [0.4, 0.5) is 0 Å². The Balaban J connectivity index is 2.44. The van der Waals surface area contributed by atoms with E-state index in [-0.39, 0.29) is 12.3 Å². The Morgan fingerprint density at radius 2 is 2.10 bits per heavy atom. The van der Waals surface area contributed by atoms with Gasteiger partial charge in [-0.05, 0) is 41.9 Å². The van der Waals surface area contributed by atoms with E-state index in [0.717, 1.165) is 0 Å². The second-order valence-corrected chi connectivity index (χ2v) is 5.20. The molecule has 0 fully saturated rings. The maximum atomic E-state index is 11.8. The molecule has 6 nitrogen and oxygen atoms in total. The molecule has 21 heavy (non-hydrogen) atoms. The van der Waals surface area contributed by atoms with Crippen LogP contribution in [0.25, 0.3) is 11.3 Å². The van der Waals surface area contributed by atoms with Crippen LogP contribution < -0.4 is 4.74 Å². The molecule has 112 valence electrons. The Bertz CT molecular complexity index is 637. The first-order valence-electron chi connectivity index (χ1n) is 6.28. The standard InChI is InChI=1S/C13H13BrClN3O3/c1-3-20-12-8(14)5-7(6-9(12)15)10-11(17-18-16-10)13(19)21-4-2/h5-6H,3-4H2,1-2H3,(H,16,17,18). The zero-order valence-corrected chi connectivity index (χ0v) is 13.8. The molecule has 8 heteroatoms. The summed E-state index contributed by atoms with van der Waals surface area (Å²) < 4.78 is 11.1. The van der Waals surface area contributed by atoms with E-state index in [0.29, 0.717) is 33.1 Å². The molecule has 0 amide bonds. The van der Waals surface area contributed by atoms with Crippen LogP contribution in [-0.4, -0.2) is 34.6 Å². The molecule has 2 aromatic rings. The molecule has 1 heterocycles. The lowest BCUT2D eigenvalue weighted by molar-refractivity contribution is 0.0520. The van der Waals surface area contributed by atoms with E-state index in [9.17, 15) is 4.79 Å². The number of aromatic nitrogens is 3. The predicted octanol–water partition coefficient (Wildman–Crippen LogP) is 3.46. The summed E-state index contributed by atoms with van der Waals surface area (Å²) in [5.74, 6) is 0.00600. The van der Waals surface area contributed by atoms with Crippen molar-refractivity contribution in [2.45, 2.75) is 13.8 Å². The van der Waals surface area contributed by atoms with Gasteiger partial charge < -0.3 is 9.47 Å². The van der Waals surface area contributed by atoms with Gasteiger partial charge in [0.25, 0.3) is 0 Å². The number of hydrogen-bond acceptors (Lipinski definition) is 5. The van der Waals surface area contributed by atoms with Gasteiger partial charge in [0.1, 0.15) is 5.69 Å². The number of rotatable bonds is 5. The lowest BCUT2D eigenvalue weighted by Crippen LogP contribution is -2.06. The Hall–Kier alpha value is -1.60. The van der Waals surface area contributed by atoms with Crippen LogP contribution in [0.2, 0.25) is 5.02 Å². The molecule has 0 saturated carbocycles. The number of hydrogen-bond donors (Lipinski definition) is 1. The number of esters is 1. The smallest absolute Gasteiger partial charge is 0.361 e. The number of carbonyl (C=O) groups excluding carboxylic acids is 1. The van der Waals surface area contributed by atoms with Gasteiger partial charge in [-0.25, -0.2) is 4.79 Å². The molecule has 2 rings (SSSR count). The quantitative estimate of drug-likeness (QED) is 0.811. The predicted molar refractivity (Wildman–Crippen MR) is 81.7 cm³/mol. The molecule has 1 aromatic heterocycles. The van der Waals surface area contributed by atoms with Crippen molar-refractivity contribution in [2.24, 2.45) is 0 Å². The van der Waals surface area contributed by atoms with Crippen LogP contribution in [-0.2, 0) is 4.74 Å². The maximum absolute atomic E-state index is 11.8. The summed E-state index contributed by atoms with van der Waals surface area (Å²) >= 11 is 9.59. The summed E-state index contributed by atoms with van der Waals surface area (Å²) in [6, 6.07) is 3.43. The summed E-state index contributed by atoms with van der Waals surface area (Å²) in [5, 5.41) is 10.7. The second kappa shape index (κ2) is 6.91. The number of ether oxygens (including phenoxy) is 2. The molecule has 0 aliphatic rings. The lowest BCUT2D eigenvalue weighted by atomic mass is 10.1. The maximum Gasteiger partial charge on any atom is 0.361 e. The first kappa shape index (κ1) is 15.8.